The molecule has 0 aliphatic carbocycles. The number of anilines is 2. The Bertz CT molecular complexity index is 1450. The van der Waals surface area contributed by atoms with Crippen LogP contribution in [0.4, 0.5) is 24.5 Å². The zero-order valence-corrected chi connectivity index (χ0v) is 21.8. The molecule has 12 heteroatoms. The van der Waals surface area contributed by atoms with Crippen LogP contribution < -0.4 is 10.2 Å². The van der Waals surface area contributed by atoms with Crippen molar-refractivity contribution in [2.75, 3.05) is 16.0 Å². The molecule has 3 heterocycles. The van der Waals surface area contributed by atoms with E-state index >= 15 is 0 Å². The van der Waals surface area contributed by atoms with Crippen molar-refractivity contribution in [1.29, 1.82) is 5.26 Å². The third-order valence-electron chi connectivity index (χ3n) is 7.85. The van der Waals surface area contributed by atoms with Crippen molar-refractivity contribution in [3.05, 3.63) is 53.6 Å². The van der Waals surface area contributed by atoms with Crippen molar-refractivity contribution >= 4 is 39.9 Å². The Morgan fingerprint density at radius 1 is 1.15 bits per heavy atom. The molecule has 2 aromatic carbocycles. The standard InChI is InChI=1S/C27H24F3N3O5S/c1-15(34)32-17-4-7-19(8-5-17)39(37)12-11-26-10-9-25(2,38-26)21-22(26)24(36)33(23(21)35)18-6-3-16(14-31)20(13-18)27(28,29)30/h3-8,13,21-22H,9-12H2,1-2H3,(H,32,34)/t21?,22?,25-,26+,39?/m0/s1. The summed E-state index contributed by atoms with van der Waals surface area (Å²) in [6.45, 7) is 3.11. The number of carbonyl (C=O) groups is 3. The minimum absolute atomic E-state index is 0.134. The van der Waals surface area contributed by atoms with E-state index in [0.717, 1.165) is 11.0 Å². The molecule has 3 saturated heterocycles. The number of hydrogen-bond donors (Lipinski definition) is 1. The number of halogens is 3. The Morgan fingerprint density at radius 3 is 2.44 bits per heavy atom. The second kappa shape index (κ2) is 9.27. The van der Waals surface area contributed by atoms with E-state index in [-0.39, 0.29) is 23.8 Å². The molecular weight excluding hydrogens is 535 g/mol. The maximum atomic E-state index is 13.7. The van der Waals surface area contributed by atoms with E-state index in [0.29, 0.717) is 29.5 Å². The number of rotatable bonds is 6. The van der Waals surface area contributed by atoms with E-state index in [4.69, 9.17) is 10.00 Å². The maximum absolute atomic E-state index is 13.7. The minimum atomic E-state index is -4.84. The van der Waals surface area contributed by atoms with Gasteiger partial charge in [0.1, 0.15) is 0 Å². The zero-order chi connectivity index (χ0) is 28.3. The van der Waals surface area contributed by atoms with E-state index in [1.165, 1.54) is 19.1 Å². The fourth-order valence-electron chi connectivity index (χ4n) is 6.14. The number of imide groups is 1. The van der Waals surface area contributed by atoms with Crippen LogP contribution in [0.25, 0.3) is 0 Å². The number of fused-ring (bicyclic) bond motifs is 5. The van der Waals surface area contributed by atoms with Crippen LogP contribution in [0, 0.1) is 23.2 Å². The molecule has 0 spiro atoms. The Labute approximate surface area is 224 Å². The average Bonchev–Trinajstić information content (AvgIpc) is 3.46. The lowest BCUT2D eigenvalue weighted by Gasteiger charge is -2.31. The third-order valence-corrected chi connectivity index (χ3v) is 9.22. The normalized spacial score (nSPS) is 28.4. The lowest BCUT2D eigenvalue weighted by molar-refractivity contribution is -0.138. The average molecular weight is 560 g/mol. The summed E-state index contributed by atoms with van der Waals surface area (Å²) in [7, 11) is -1.47. The Kier molecular flexibility index (Phi) is 6.43. The lowest BCUT2D eigenvalue weighted by atomic mass is 9.67. The van der Waals surface area contributed by atoms with E-state index in [9.17, 15) is 31.8 Å². The molecule has 2 bridgehead atoms. The smallest absolute Gasteiger partial charge is 0.367 e. The molecule has 3 unspecified atom stereocenters. The summed E-state index contributed by atoms with van der Waals surface area (Å²) in [5, 5.41) is 11.7. The lowest BCUT2D eigenvalue weighted by Crippen LogP contribution is -2.43. The highest BCUT2D eigenvalue weighted by atomic mass is 32.2. The van der Waals surface area contributed by atoms with Crippen LogP contribution >= 0.6 is 0 Å². The van der Waals surface area contributed by atoms with Crippen molar-refractivity contribution in [2.45, 2.75) is 55.4 Å². The number of benzene rings is 2. The van der Waals surface area contributed by atoms with Gasteiger partial charge in [-0.25, -0.2) is 4.90 Å². The van der Waals surface area contributed by atoms with Crippen LogP contribution in [0.3, 0.4) is 0 Å². The van der Waals surface area contributed by atoms with Crippen molar-refractivity contribution < 1.29 is 36.5 Å². The first-order valence-corrected chi connectivity index (χ1v) is 13.6. The summed E-state index contributed by atoms with van der Waals surface area (Å²) in [5.41, 5.74) is -3.57. The number of carbonyl (C=O) groups excluding carboxylic acids is 3. The fourth-order valence-corrected chi connectivity index (χ4v) is 7.35. The van der Waals surface area contributed by atoms with E-state index in [1.54, 1.807) is 31.2 Å². The number of nitriles is 1. The highest BCUT2D eigenvalue weighted by Gasteiger charge is 2.73. The molecule has 5 atom stereocenters. The predicted molar refractivity (Wildman–Crippen MR) is 134 cm³/mol. The molecule has 5 rings (SSSR count). The molecule has 8 nitrogen and oxygen atoms in total. The minimum Gasteiger partial charge on any atom is -0.367 e. The summed E-state index contributed by atoms with van der Waals surface area (Å²) in [4.78, 5) is 39.7. The zero-order valence-electron chi connectivity index (χ0n) is 21.0. The summed E-state index contributed by atoms with van der Waals surface area (Å²) in [6.07, 6.45) is -3.72. The molecule has 3 aliphatic rings. The number of ether oxygens (including phenoxy) is 1. The molecule has 0 saturated carbocycles. The van der Waals surface area contributed by atoms with Gasteiger partial charge in [0.05, 0.1) is 56.7 Å². The van der Waals surface area contributed by atoms with Gasteiger partial charge in [-0.2, -0.15) is 18.4 Å². The third kappa shape index (κ3) is 4.43. The van der Waals surface area contributed by atoms with Crippen LogP contribution in [0.2, 0.25) is 0 Å². The predicted octanol–water partition coefficient (Wildman–Crippen LogP) is 4.16. The first-order chi connectivity index (χ1) is 18.3. The van der Waals surface area contributed by atoms with Gasteiger partial charge in [0, 0.05) is 23.3 Å². The largest absolute Gasteiger partial charge is 0.417 e. The quantitative estimate of drug-likeness (QED) is 0.532. The number of hydrogen-bond acceptors (Lipinski definition) is 6. The van der Waals surface area contributed by atoms with Gasteiger partial charge in [-0.3, -0.25) is 18.6 Å². The van der Waals surface area contributed by atoms with Crippen LogP contribution in [0.15, 0.2) is 47.4 Å². The summed E-state index contributed by atoms with van der Waals surface area (Å²) >= 11 is 0. The fraction of sp³-hybridized carbons (Fsp3) is 0.407. The SMILES string of the molecule is CC(=O)Nc1ccc(S(=O)CC[C@@]23CC[C@](C)(O2)C2C(=O)N(c4ccc(C#N)c(C(F)(F)F)c4)C(=O)C23)cc1. The number of nitrogens with zero attached hydrogens (tertiary/aromatic N) is 2. The molecule has 3 aliphatic heterocycles. The highest BCUT2D eigenvalue weighted by Crippen LogP contribution is 2.62. The molecule has 3 fully saturated rings. The van der Waals surface area contributed by atoms with Crippen LogP contribution in [0.5, 0.6) is 0 Å². The van der Waals surface area contributed by atoms with Gasteiger partial charge in [0.25, 0.3) is 0 Å². The number of amides is 3. The van der Waals surface area contributed by atoms with Gasteiger partial charge >= 0.3 is 6.18 Å². The van der Waals surface area contributed by atoms with E-state index < -0.39 is 63.0 Å². The summed E-state index contributed by atoms with van der Waals surface area (Å²) < 4.78 is 60.1. The van der Waals surface area contributed by atoms with Gasteiger partial charge in [-0.15, -0.1) is 0 Å². The van der Waals surface area contributed by atoms with E-state index in [2.05, 4.69) is 5.32 Å². The molecular formula is C27H24F3N3O5S. The van der Waals surface area contributed by atoms with Gasteiger partial charge in [0.2, 0.25) is 17.7 Å². The van der Waals surface area contributed by atoms with E-state index in [1.807, 2.05) is 0 Å². The maximum Gasteiger partial charge on any atom is 0.417 e. The van der Waals surface area contributed by atoms with Crippen LogP contribution in [-0.2, 0) is 36.1 Å². The second-order valence-electron chi connectivity index (χ2n) is 10.3. The molecule has 2 aromatic rings. The monoisotopic (exact) mass is 559 g/mol. The number of alkyl halides is 3. The highest BCUT2D eigenvalue weighted by molar-refractivity contribution is 7.85. The molecule has 3 amide bonds. The Hall–Kier alpha value is -3.56. The Balaban J connectivity index is 1.40. The Morgan fingerprint density at radius 2 is 1.82 bits per heavy atom. The van der Waals surface area contributed by atoms with Gasteiger partial charge < -0.3 is 10.1 Å². The van der Waals surface area contributed by atoms with Gasteiger partial charge in [0.15, 0.2) is 0 Å². The van der Waals surface area contributed by atoms with Crippen molar-refractivity contribution in [2.24, 2.45) is 11.8 Å². The van der Waals surface area contributed by atoms with Crippen molar-refractivity contribution in [3.63, 3.8) is 0 Å². The molecule has 1 N–H and O–H groups in total. The molecule has 204 valence electrons. The summed E-state index contributed by atoms with van der Waals surface area (Å²) in [5.74, 6) is -3.20. The number of nitrogens with one attached hydrogen (secondary N) is 1. The molecule has 0 radical (unpaired) electrons. The first kappa shape index (κ1) is 27.0. The van der Waals surface area contributed by atoms with Gasteiger partial charge in [-0.05, 0) is 68.7 Å². The van der Waals surface area contributed by atoms with Crippen molar-refractivity contribution in [3.8, 4) is 6.07 Å². The molecule has 39 heavy (non-hydrogen) atoms. The summed E-state index contributed by atoms with van der Waals surface area (Å²) in [6, 6.07) is 10.8. The topological polar surface area (TPSA) is 117 Å². The first-order valence-electron chi connectivity index (χ1n) is 12.2. The van der Waals surface area contributed by atoms with Crippen LogP contribution in [0.1, 0.15) is 44.2 Å². The van der Waals surface area contributed by atoms with Gasteiger partial charge in [-0.1, -0.05) is 0 Å². The second-order valence-corrected chi connectivity index (χ2v) is 11.9. The van der Waals surface area contributed by atoms with Crippen LogP contribution in [-0.4, -0.2) is 38.9 Å². The molecule has 0 aromatic heterocycles. The van der Waals surface area contributed by atoms with Crippen molar-refractivity contribution in [1.82, 2.24) is 0 Å².